The molecule has 0 radical (unpaired) electrons. The van der Waals surface area contributed by atoms with E-state index < -0.39 is 28.4 Å². The minimum absolute atomic E-state index is 0.0161. The molecule has 2 saturated heterocycles. The molecule has 0 bridgehead atoms. The van der Waals surface area contributed by atoms with Crippen molar-refractivity contribution >= 4 is 21.7 Å². The monoisotopic (exact) mass is 291 g/mol. The molecule has 0 saturated carbocycles. The lowest BCUT2D eigenvalue weighted by molar-refractivity contribution is -0.148. The third-order valence-corrected chi connectivity index (χ3v) is 5.27. The van der Waals surface area contributed by atoms with Gasteiger partial charge in [0.25, 0.3) is 0 Å². The first-order valence-electron chi connectivity index (χ1n) is 6.19. The smallest absolute Gasteiger partial charge is 0.323 e. The van der Waals surface area contributed by atoms with Gasteiger partial charge in [-0.2, -0.15) is 0 Å². The lowest BCUT2D eigenvalue weighted by atomic mass is 10.1. The van der Waals surface area contributed by atoms with Crippen molar-refractivity contribution in [3.63, 3.8) is 0 Å². The zero-order valence-corrected chi connectivity index (χ0v) is 11.3. The average molecular weight is 291 g/mol. The number of rotatable bonds is 4. The Bertz CT molecular complexity index is 468. The third kappa shape index (κ3) is 3.44. The molecular formula is C11H17NO6S. The Kier molecular flexibility index (Phi) is 4.10. The Morgan fingerprint density at radius 2 is 2.05 bits per heavy atom. The predicted octanol–water partition coefficient (Wildman–Crippen LogP) is -0.877. The summed E-state index contributed by atoms with van der Waals surface area (Å²) < 4.78 is 28.1. The van der Waals surface area contributed by atoms with Crippen LogP contribution < -0.4 is 0 Å². The molecule has 0 aromatic heterocycles. The minimum Gasteiger partial charge on any atom is -0.480 e. The van der Waals surface area contributed by atoms with Gasteiger partial charge in [0.05, 0.1) is 24.0 Å². The summed E-state index contributed by atoms with van der Waals surface area (Å²) in [5, 5.41) is 8.89. The van der Waals surface area contributed by atoms with Crippen molar-refractivity contribution in [2.45, 2.75) is 18.9 Å². The zero-order valence-electron chi connectivity index (χ0n) is 10.4. The van der Waals surface area contributed by atoms with E-state index in [0.717, 1.165) is 0 Å². The Hall–Kier alpha value is -1.15. The highest BCUT2D eigenvalue weighted by molar-refractivity contribution is 7.91. The summed E-state index contributed by atoms with van der Waals surface area (Å²) in [6.45, 7) is 0.324. The lowest BCUT2D eigenvalue weighted by Crippen LogP contribution is -2.47. The van der Waals surface area contributed by atoms with Gasteiger partial charge in [-0.1, -0.05) is 0 Å². The van der Waals surface area contributed by atoms with Crippen LogP contribution in [0.15, 0.2) is 0 Å². The molecule has 8 heteroatoms. The highest BCUT2D eigenvalue weighted by Gasteiger charge is 2.38. The van der Waals surface area contributed by atoms with E-state index in [1.807, 2.05) is 0 Å². The van der Waals surface area contributed by atoms with Gasteiger partial charge in [0.15, 0.2) is 9.84 Å². The maximum absolute atomic E-state index is 12.3. The van der Waals surface area contributed by atoms with Crippen LogP contribution >= 0.6 is 0 Å². The van der Waals surface area contributed by atoms with Crippen molar-refractivity contribution in [1.82, 2.24) is 4.90 Å². The molecule has 1 N–H and O–H groups in total. The molecule has 0 spiro atoms. The van der Waals surface area contributed by atoms with E-state index in [0.29, 0.717) is 19.4 Å². The number of hydrogen-bond acceptors (Lipinski definition) is 5. The summed E-state index contributed by atoms with van der Waals surface area (Å²) in [4.78, 5) is 24.3. The fourth-order valence-corrected chi connectivity index (χ4v) is 4.25. The maximum atomic E-state index is 12.3. The van der Waals surface area contributed by atoms with Crippen LogP contribution in [-0.2, 0) is 24.2 Å². The highest BCUT2D eigenvalue weighted by atomic mass is 32.2. The first kappa shape index (κ1) is 14.3. The number of nitrogens with zero attached hydrogens (tertiary/aromatic N) is 1. The van der Waals surface area contributed by atoms with E-state index in [1.165, 1.54) is 4.90 Å². The topological polar surface area (TPSA) is 101 Å². The standard InChI is InChI=1S/C11H17NO6S/c13-10(14)5-12(9-2-4-19(16,17)7-9)11(15)8-1-3-18-6-8/h8-9H,1-7H2,(H,13,14). The number of carboxylic acid groups (broad SMARTS) is 1. The molecule has 2 atom stereocenters. The molecule has 2 aliphatic rings. The van der Waals surface area contributed by atoms with Crippen LogP contribution in [0.2, 0.25) is 0 Å². The predicted molar refractivity (Wildman–Crippen MR) is 65.3 cm³/mol. The van der Waals surface area contributed by atoms with E-state index in [9.17, 15) is 18.0 Å². The van der Waals surface area contributed by atoms with Gasteiger partial charge in [-0.15, -0.1) is 0 Å². The van der Waals surface area contributed by atoms with Crippen molar-refractivity contribution in [1.29, 1.82) is 0 Å². The quantitative estimate of drug-likeness (QED) is 0.722. The molecule has 0 aromatic rings. The van der Waals surface area contributed by atoms with Crippen LogP contribution in [0.25, 0.3) is 0 Å². The van der Waals surface area contributed by atoms with E-state index >= 15 is 0 Å². The van der Waals surface area contributed by atoms with Crippen molar-refractivity contribution in [3.8, 4) is 0 Å². The zero-order chi connectivity index (χ0) is 14.0. The normalized spacial score (nSPS) is 29.3. The van der Waals surface area contributed by atoms with Crippen LogP contribution in [0.5, 0.6) is 0 Å². The summed E-state index contributed by atoms with van der Waals surface area (Å²) in [6.07, 6.45) is 0.878. The molecule has 2 heterocycles. The largest absolute Gasteiger partial charge is 0.480 e. The van der Waals surface area contributed by atoms with Crippen LogP contribution in [0.3, 0.4) is 0 Å². The van der Waals surface area contributed by atoms with Crippen molar-refractivity contribution in [2.75, 3.05) is 31.3 Å². The Morgan fingerprint density at radius 3 is 2.53 bits per heavy atom. The molecule has 19 heavy (non-hydrogen) atoms. The van der Waals surface area contributed by atoms with Crippen LogP contribution in [-0.4, -0.2) is 67.6 Å². The molecule has 0 aromatic carbocycles. The van der Waals surface area contributed by atoms with E-state index in [4.69, 9.17) is 9.84 Å². The number of ether oxygens (including phenoxy) is 1. The van der Waals surface area contributed by atoms with Crippen LogP contribution in [0.4, 0.5) is 0 Å². The number of hydrogen-bond donors (Lipinski definition) is 1. The van der Waals surface area contributed by atoms with Gasteiger partial charge in [0.1, 0.15) is 6.54 Å². The number of amides is 1. The van der Waals surface area contributed by atoms with Gasteiger partial charge in [-0.05, 0) is 12.8 Å². The van der Waals surface area contributed by atoms with Crippen molar-refractivity contribution in [2.24, 2.45) is 5.92 Å². The SMILES string of the molecule is O=C(O)CN(C(=O)C1CCOC1)C1CCS(=O)(=O)C1. The van der Waals surface area contributed by atoms with E-state index in [1.54, 1.807) is 0 Å². The molecule has 2 fully saturated rings. The number of carboxylic acids is 1. The van der Waals surface area contributed by atoms with E-state index in [-0.39, 0.29) is 29.9 Å². The molecule has 108 valence electrons. The van der Waals surface area contributed by atoms with Crippen molar-refractivity contribution < 1.29 is 27.9 Å². The molecule has 1 amide bonds. The van der Waals surface area contributed by atoms with Crippen molar-refractivity contribution in [3.05, 3.63) is 0 Å². The lowest BCUT2D eigenvalue weighted by Gasteiger charge is -2.28. The van der Waals surface area contributed by atoms with Crippen LogP contribution in [0.1, 0.15) is 12.8 Å². The molecule has 2 unspecified atom stereocenters. The highest BCUT2D eigenvalue weighted by Crippen LogP contribution is 2.22. The van der Waals surface area contributed by atoms with Gasteiger partial charge in [-0.3, -0.25) is 9.59 Å². The third-order valence-electron chi connectivity index (χ3n) is 3.52. The first-order chi connectivity index (χ1) is 8.89. The minimum atomic E-state index is -3.15. The number of aliphatic carboxylic acids is 1. The average Bonchev–Trinajstić information content (AvgIpc) is 2.94. The summed E-state index contributed by atoms with van der Waals surface area (Å²) in [5.41, 5.74) is 0. The molecule has 0 aliphatic carbocycles. The number of carbonyl (C=O) groups excluding carboxylic acids is 1. The molecular weight excluding hydrogens is 274 g/mol. The second-order valence-electron chi connectivity index (χ2n) is 4.98. The first-order valence-corrected chi connectivity index (χ1v) is 8.01. The van der Waals surface area contributed by atoms with Gasteiger partial charge in [0.2, 0.25) is 5.91 Å². The second kappa shape index (κ2) is 5.46. The summed E-state index contributed by atoms with van der Waals surface area (Å²) in [7, 11) is -3.15. The number of sulfone groups is 1. The molecule has 2 rings (SSSR count). The van der Waals surface area contributed by atoms with Gasteiger partial charge >= 0.3 is 5.97 Å². The van der Waals surface area contributed by atoms with Gasteiger partial charge in [0, 0.05) is 12.6 Å². The summed E-state index contributed by atoms with van der Waals surface area (Å²) in [6, 6.07) is -0.519. The Labute approximate surface area is 111 Å². The van der Waals surface area contributed by atoms with E-state index in [2.05, 4.69) is 0 Å². The second-order valence-corrected chi connectivity index (χ2v) is 7.21. The summed E-state index contributed by atoms with van der Waals surface area (Å²) >= 11 is 0. The summed E-state index contributed by atoms with van der Waals surface area (Å²) in [5.74, 6) is -1.90. The fraction of sp³-hybridized carbons (Fsp3) is 0.818. The molecule has 7 nitrogen and oxygen atoms in total. The van der Waals surface area contributed by atoms with Gasteiger partial charge in [-0.25, -0.2) is 8.42 Å². The maximum Gasteiger partial charge on any atom is 0.323 e. The van der Waals surface area contributed by atoms with Gasteiger partial charge < -0.3 is 14.7 Å². The fourth-order valence-electron chi connectivity index (χ4n) is 2.52. The Morgan fingerprint density at radius 1 is 1.32 bits per heavy atom. The van der Waals surface area contributed by atoms with Crippen LogP contribution in [0, 0.1) is 5.92 Å². The number of carbonyl (C=O) groups is 2. The molecule has 2 aliphatic heterocycles. The Balaban J connectivity index is 2.11.